The van der Waals surface area contributed by atoms with Gasteiger partial charge in [0.15, 0.2) is 11.5 Å². The average Bonchev–Trinajstić information content (AvgIpc) is 3.18. The predicted octanol–water partition coefficient (Wildman–Crippen LogP) is 2.42. The molecule has 2 aliphatic rings. The van der Waals surface area contributed by atoms with Gasteiger partial charge in [0.1, 0.15) is 0 Å². The van der Waals surface area contributed by atoms with Crippen molar-refractivity contribution in [1.29, 1.82) is 0 Å². The number of carbonyl (C=O) groups excluding carboxylic acids is 1. The number of likely N-dealkylation sites (tertiary alicyclic amines) is 1. The molecule has 1 amide bonds. The van der Waals surface area contributed by atoms with E-state index in [-0.39, 0.29) is 25.2 Å². The highest BCUT2D eigenvalue weighted by atomic mass is 19.4. The van der Waals surface area contributed by atoms with Crippen LogP contribution in [0.15, 0.2) is 18.2 Å². The largest absolute Gasteiger partial charge is 0.454 e. The molecule has 8 heteroatoms. The number of alkyl halides is 3. The molecule has 1 N–H and O–H groups in total. The van der Waals surface area contributed by atoms with E-state index in [4.69, 9.17) is 9.47 Å². The summed E-state index contributed by atoms with van der Waals surface area (Å²) >= 11 is 0. The summed E-state index contributed by atoms with van der Waals surface area (Å²) in [5.74, 6) is 1.11. The molecule has 1 saturated heterocycles. The number of nitrogens with zero attached hydrogens (tertiary/aromatic N) is 1. The number of amides is 1. The minimum Gasteiger partial charge on any atom is -0.454 e. The zero-order chi connectivity index (χ0) is 17.2. The Morgan fingerprint density at radius 2 is 2.08 bits per heavy atom. The monoisotopic (exact) mass is 344 g/mol. The van der Waals surface area contributed by atoms with Crippen LogP contribution in [-0.2, 0) is 0 Å². The van der Waals surface area contributed by atoms with Gasteiger partial charge in [0, 0.05) is 25.2 Å². The lowest BCUT2D eigenvalue weighted by Gasteiger charge is -2.17. The molecule has 3 rings (SSSR count). The molecule has 0 radical (unpaired) electrons. The smallest absolute Gasteiger partial charge is 0.390 e. The SMILES string of the molecule is O=C(NC[C@H]1CCN(CCC(F)(F)F)C1)c1ccc2c(c1)OCO2. The number of carbonyl (C=O) groups is 1. The maximum Gasteiger partial charge on any atom is 0.390 e. The molecule has 0 aromatic heterocycles. The third kappa shape index (κ3) is 4.31. The summed E-state index contributed by atoms with van der Waals surface area (Å²) in [5.41, 5.74) is 0.478. The maximum absolute atomic E-state index is 12.2. The van der Waals surface area contributed by atoms with Gasteiger partial charge in [0.25, 0.3) is 5.91 Å². The number of hydrogen-bond donors (Lipinski definition) is 1. The van der Waals surface area contributed by atoms with E-state index in [0.29, 0.717) is 36.7 Å². The topological polar surface area (TPSA) is 50.8 Å². The van der Waals surface area contributed by atoms with E-state index in [9.17, 15) is 18.0 Å². The average molecular weight is 344 g/mol. The lowest BCUT2D eigenvalue weighted by Crippen LogP contribution is -2.31. The van der Waals surface area contributed by atoms with Gasteiger partial charge in [0.2, 0.25) is 6.79 Å². The van der Waals surface area contributed by atoms with E-state index in [1.165, 1.54) is 0 Å². The van der Waals surface area contributed by atoms with Crippen LogP contribution in [0.2, 0.25) is 0 Å². The van der Waals surface area contributed by atoms with Crippen molar-refractivity contribution in [2.24, 2.45) is 5.92 Å². The molecular formula is C16H19F3N2O3. The molecule has 24 heavy (non-hydrogen) atoms. The second kappa shape index (κ2) is 6.88. The number of halogens is 3. The van der Waals surface area contributed by atoms with Gasteiger partial charge in [-0.1, -0.05) is 0 Å². The Morgan fingerprint density at radius 3 is 2.88 bits per heavy atom. The number of nitrogens with one attached hydrogen (secondary N) is 1. The van der Waals surface area contributed by atoms with Crippen LogP contribution in [0.3, 0.4) is 0 Å². The van der Waals surface area contributed by atoms with Gasteiger partial charge in [0.05, 0.1) is 6.42 Å². The molecule has 1 aromatic carbocycles. The normalized spacial score (nSPS) is 20.4. The molecule has 0 spiro atoms. The van der Waals surface area contributed by atoms with Crippen LogP contribution in [0.1, 0.15) is 23.2 Å². The van der Waals surface area contributed by atoms with Crippen molar-refractivity contribution in [1.82, 2.24) is 10.2 Å². The summed E-state index contributed by atoms with van der Waals surface area (Å²) in [6.07, 6.45) is -4.12. The standard InChI is InChI=1S/C16H19F3N2O3/c17-16(18,19)4-6-21-5-3-11(9-21)8-20-15(22)12-1-2-13-14(7-12)24-10-23-13/h1-2,7,11H,3-6,8-10H2,(H,20,22)/t11-/m1/s1. The van der Waals surface area contributed by atoms with Crippen LogP contribution in [-0.4, -0.2) is 50.0 Å². The lowest BCUT2D eigenvalue weighted by atomic mass is 10.1. The molecule has 0 aliphatic carbocycles. The molecule has 2 heterocycles. The molecule has 1 aromatic rings. The van der Waals surface area contributed by atoms with Crippen molar-refractivity contribution in [3.05, 3.63) is 23.8 Å². The van der Waals surface area contributed by atoms with Crippen LogP contribution < -0.4 is 14.8 Å². The summed E-state index contributed by atoms with van der Waals surface area (Å²) in [4.78, 5) is 14.0. The fourth-order valence-electron chi connectivity index (χ4n) is 2.94. The summed E-state index contributed by atoms with van der Waals surface area (Å²) in [7, 11) is 0. The minimum absolute atomic E-state index is 0.0239. The first-order valence-corrected chi connectivity index (χ1v) is 7.88. The Bertz CT molecular complexity index is 607. The van der Waals surface area contributed by atoms with Crippen molar-refractivity contribution in [3.63, 3.8) is 0 Å². The number of benzene rings is 1. The van der Waals surface area contributed by atoms with Gasteiger partial charge in [-0.15, -0.1) is 0 Å². The highest BCUT2D eigenvalue weighted by Gasteiger charge is 2.30. The molecular weight excluding hydrogens is 325 g/mol. The van der Waals surface area contributed by atoms with Crippen LogP contribution >= 0.6 is 0 Å². The lowest BCUT2D eigenvalue weighted by molar-refractivity contribution is -0.137. The molecule has 1 fully saturated rings. The van der Waals surface area contributed by atoms with Gasteiger partial charge < -0.3 is 19.7 Å². The number of ether oxygens (including phenoxy) is 2. The van der Waals surface area contributed by atoms with Crippen LogP contribution in [0.5, 0.6) is 11.5 Å². The van der Waals surface area contributed by atoms with Crippen LogP contribution in [0, 0.1) is 5.92 Å². The van der Waals surface area contributed by atoms with Crippen LogP contribution in [0.4, 0.5) is 13.2 Å². The third-order valence-corrected chi connectivity index (χ3v) is 4.27. The number of fused-ring (bicyclic) bond motifs is 1. The third-order valence-electron chi connectivity index (χ3n) is 4.27. The van der Waals surface area contributed by atoms with Gasteiger partial charge in [-0.25, -0.2) is 0 Å². The first-order valence-electron chi connectivity index (χ1n) is 7.88. The van der Waals surface area contributed by atoms with E-state index >= 15 is 0 Å². The Labute approximate surface area is 137 Å². The molecule has 0 saturated carbocycles. The maximum atomic E-state index is 12.2. The quantitative estimate of drug-likeness (QED) is 0.891. The second-order valence-corrected chi connectivity index (χ2v) is 6.10. The molecule has 132 valence electrons. The molecule has 0 unspecified atom stereocenters. The first kappa shape index (κ1) is 16.9. The van der Waals surface area contributed by atoms with Crippen LogP contribution in [0.25, 0.3) is 0 Å². The summed E-state index contributed by atoms with van der Waals surface area (Å²) < 4.78 is 47.1. The zero-order valence-electron chi connectivity index (χ0n) is 13.1. The van der Waals surface area contributed by atoms with E-state index in [2.05, 4.69) is 5.32 Å². The van der Waals surface area contributed by atoms with Gasteiger partial charge >= 0.3 is 6.18 Å². The molecule has 2 aliphatic heterocycles. The van der Waals surface area contributed by atoms with E-state index in [0.717, 1.165) is 6.42 Å². The number of rotatable bonds is 5. The molecule has 5 nitrogen and oxygen atoms in total. The Hall–Kier alpha value is -1.96. The Morgan fingerprint density at radius 1 is 1.29 bits per heavy atom. The van der Waals surface area contributed by atoms with E-state index in [1.54, 1.807) is 23.1 Å². The van der Waals surface area contributed by atoms with E-state index in [1.807, 2.05) is 0 Å². The highest BCUT2D eigenvalue weighted by molar-refractivity contribution is 5.94. The van der Waals surface area contributed by atoms with Gasteiger partial charge in [-0.2, -0.15) is 13.2 Å². The van der Waals surface area contributed by atoms with Crippen molar-refractivity contribution in [2.45, 2.75) is 19.0 Å². The number of hydrogen-bond acceptors (Lipinski definition) is 4. The minimum atomic E-state index is -4.12. The fourth-order valence-corrected chi connectivity index (χ4v) is 2.94. The second-order valence-electron chi connectivity index (χ2n) is 6.10. The van der Waals surface area contributed by atoms with E-state index < -0.39 is 12.6 Å². The van der Waals surface area contributed by atoms with Crippen molar-refractivity contribution in [2.75, 3.05) is 33.0 Å². The molecule has 0 bridgehead atoms. The van der Waals surface area contributed by atoms with Gasteiger partial charge in [-0.3, -0.25) is 4.79 Å². The summed E-state index contributed by atoms with van der Waals surface area (Å²) in [5, 5.41) is 2.84. The predicted molar refractivity (Wildman–Crippen MR) is 80.1 cm³/mol. The van der Waals surface area contributed by atoms with Crippen molar-refractivity contribution < 1.29 is 27.4 Å². The van der Waals surface area contributed by atoms with Crippen molar-refractivity contribution in [3.8, 4) is 11.5 Å². The summed E-state index contributed by atoms with van der Waals surface area (Å²) in [6.45, 7) is 1.85. The van der Waals surface area contributed by atoms with Crippen molar-refractivity contribution >= 4 is 5.91 Å². The fraction of sp³-hybridized carbons (Fsp3) is 0.562. The summed E-state index contributed by atoms with van der Waals surface area (Å²) in [6, 6.07) is 4.97. The first-order chi connectivity index (χ1) is 11.4. The molecule has 1 atom stereocenters. The highest BCUT2D eigenvalue weighted by Crippen LogP contribution is 2.32. The zero-order valence-corrected chi connectivity index (χ0v) is 13.1. The Balaban J connectivity index is 1.44. The Kier molecular flexibility index (Phi) is 4.84. The van der Waals surface area contributed by atoms with Gasteiger partial charge in [-0.05, 0) is 37.1 Å².